The van der Waals surface area contributed by atoms with Crippen molar-refractivity contribution in [1.29, 1.82) is 0 Å². The number of methoxy groups -OCH3 is 2. The first kappa shape index (κ1) is 20.9. The van der Waals surface area contributed by atoms with Gasteiger partial charge < -0.3 is 14.8 Å². The number of nitrogens with one attached hydrogen (secondary N) is 1. The van der Waals surface area contributed by atoms with Gasteiger partial charge in [0.05, 0.1) is 32.2 Å². The zero-order valence-corrected chi connectivity index (χ0v) is 18.2. The van der Waals surface area contributed by atoms with E-state index in [1.165, 1.54) is 0 Å². The van der Waals surface area contributed by atoms with Gasteiger partial charge in [0.2, 0.25) is 5.91 Å². The van der Waals surface area contributed by atoms with Crippen LogP contribution in [0.4, 0.5) is 0 Å². The van der Waals surface area contributed by atoms with Crippen LogP contribution in [-0.2, 0) is 4.79 Å². The standard InChI is InChI=1S/C24H28N4O3/c1-4-24(29)26-18-8-9-19(14-18)28-22(15-25-27-28)17-7-12-21(23(13-17)31-3)16-5-10-20(30-2)11-6-16/h5-7,10-13,15,18-19H,4,8-9,14H2,1-3H3,(H,26,29)/t18-,19+/m0/s1. The van der Waals surface area contributed by atoms with Gasteiger partial charge in [0, 0.05) is 23.6 Å². The van der Waals surface area contributed by atoms with E-state index in [-0.39, 0.29) is 18.0 Å². The van der Waals surface area contributed by atoms with Crippen molar-refractivity contribution in [3.63, 3.8) is 0 Å². The number of benzene rings is 2. The predicted octanol–water partition coefficient (Wildman–Crippen LogP) is 4.25. The van der Waals surface area contributed by atoms with Gasteiger partial charge in [-0.2, -0.15) is 0 Å². The number of amides is 1. The van der Waals surface area contributed by atoms with Crippen LogP contribution in [0.5, 0.6) is 11.5 Å². The van der Waals surface area contributed by atoms with Crippen LogP contribution < -0.4 is 14.8 Å². The van der Waals surface area contributed by atoms with Gasteiger partial charge in [0.1, 0.15) is 11.5 Å². The van der Waals surface area contributed by atoms with E-state index in [1.54, 1.807) is 20.4 Å². The first-order chi connectivity index (χ1) is 15.1. The molecule has 162 valence electrons. The molecule has 1 aliphatic rings. The summed E-state index contributed by atoms with van der Waals surface area (Å²) in [4.78, 5) is 11.7. The summed E-state index contributed by atoms with van der Waals surface area (Å²) in [5, 5.41) is 11.6. The van der Waals surface area contributed by atoms with Crippen molar-refractivity contribution in [2.75, 3.05) is 14.2 Å². The van der Waals surface area contributed by atoms with Crippen molar-refractivity contribution in [1.82, 2.24) is 20.3 Å². The minimum absolute atomic E-state index is 0.100. The van der Waals surface area contributed by atoms with E-state index in [2.05, 4.69) is 27.8 Å². The lowest BCUT2D eigenvalue weighted by Gasteiger charge is -2.16. The smallest absolute Gasteiger partial charge is 0.219 e. The van der Waals surface area contributed by atoms with Crippen LogP contribution in [0.3, 0.4) is 0 Å². The highest BCUT2D eigenvalue weighted by Crippen LogP contribution is 2.37. The molecular formula is C24H28N4O3. The third-order valence-corrected chi connectivity index (χ3v) is 5.91. The van der Waals surface area contributed by atoms with Gasteiger partial charge in [-0.3, -0.25) is 4.79 Å². The van der Waals surface area contributed by atoms with Crippen molar-refractivity contribution in [3.05, 3.63) is 48.7 Å². The number of aromatic nitrogens is 3. The van der Waals surface area contributed by atoms with Crippen LogP contribution >= 0.6 is 0 Å². The van der Waals surface area contributed by atoms with Crippen molar-refractivity contribution in [2.24, 2.45) is 0 Å². The van der Waals surface area contributed by atoms with E-state index in [9.17, 15) is 4.79 Å². The number of nitrogens with zero attached hydrogens (tertiary/aromatic N) is 3. The average molecular weight is 421 g/mol. The largest absolute Gasteiger partial charge is 0.497 e. The summed E-state index contributed by atoms with van der Waals surface area (Å²) in [7, 11) is 3.34. The zero-order chi connectivity index (χ0) is 21.8. The molecule has 1 aromatic heterocycles. The van der Waals surface area contributed by atoms with E-state index in [1.807, 2.05) is 41.9 Å². The molecule has 0 unspecified atom stereocenters. The topological polar surface area (TPSA) is 78.3 Å². The normalized spacial score (nSPS) is 18.0. The van der Waals surface area contributed by atoms with E-state index in [0.717, 1.165) is 53.1 Å². The number of hydrogen-bond acceptors (Lipinski definition) is 5. The maximum atomic E-state index is 11.7. The SMILES string of the molecule is CCC(=O)N[C@H]1CC[C@@H](n2nncc2-c2ccc(-c3ccc(OC)cc3)c(OC)c2)C1. The first-order valence-electron chi connectivity index (χ1n) is 10.6. The molecule has 2 atom stereocenters. The highest BCUT2D eigenvalue weighted by molar-refractivity contribution is 5.76. The van der Waals surface area contributed by atoms with E-state index in [4.69, 9.17) is 9.47 Å². The summed E-state index contributed by atoms with van der Waals surface area (Å²) in [6.07, 6.45) is 5.08. The van der Waals surface area contributed by atoms with Crippen molar-refractivity contribution < 1.29 is 14.3 Å². The molecule has 0 spiro atoms. The fourth-order valence-corrected chi connectivity index (χ4v) is 4.22. The minimum Gasteiger partial charge on any atom is -0.497 e. The van der Waals surface area contributed by atoms with E-state index in [0.29, 0.717) is 6.42 Å². The monoisotopic (exact) mass is 420 g/mol. The second-order valence-electron chi connectivity index (χ2n) is 7.79. The number of carbonyl (C=O) groups excluding carboxylic acids is 1. The Labute approximate surface area is 182 Å². The van der Waals surface area contributed by atoms with Gasteiger partial charge in [0.15, 0.2) is 0 Å². The molecule has 1 heterocycles. The summed E-state index contributed by atoms with van der Waals surface area (Å²) < 4.78 is 12.9. The first-order valence-corrected chi connectivity index (χ1v) is 10.6. The maximum absolute atomic E-state index is 11.7. The lowest BCUT2D eigenvalue weighted by atomic mass is 10.0. The van der Waals surface area contributed by atoms with Crippen LogP contribution in [0.2, 0.25) is 0 Å². The molecule has 1 aliphatic carbocycles. The van der Waals surface area contributed by atoms with Crippen molar-refractivity contribution in [2.45, 2.75) is 44.7 Å². The highest BCUT2D eigenvalue weighted by atomic mass is 16.5. The Kier molecular flexibility index (Phi) is 6.21. The lowest BCUT2D eigenvalue weighted by Crippen LogP contribution is -2.32. The lowest BCUT2D eigenvalue weighted by molar-refractivity contribution is -0.121. The van der Waals surface area contributed by atoms with Gasteiger partial charge in [0.25, 0.3) is 0 Å². The van der Waals surface area contributed by atoms with Crippen LogP contribution in [0.25, 0.3) is 22.4 Å². The second kappa shape index (κ2) is 9.20. The Morgan fingerprint density at radius 3 is 2.58 bits per heavy atom. The van der Waals surface area contributed by atoms with Crippen molar-refractivity contribution in [3.8, 4) is 33.9 Å². The molecule has 0 bridgehead atoms. The number of ether oxygens (including phenoxy) is 2. The highest BCUT2D eigenvalue weighted by Gasteiger charge is 2.29. The minimum atomic E-state index is 0.100. The molecule has 4 rings (SSSR count). The molecule has 0 saturated heterocycles. The molecule has 2 aromatic carbocycles. The van der Waals surface area contributed by atoms with Crippen LogP contribution in [0.15, 0.2) is 48.7 Å². The van der Waals surface area contributed by atoms with Gasteiger partial charge in [-0.05, 0) is 49.1 Å². The Morgan fingerprint density at radius 1 is 1.10 bits per heavy atom. The van der Waals surface area contributed by atoms with E-state index >= 15 is 0 Å². The summed E-state index contributed by atoms with van der Waals surface area (Å²) in [6, 6.07) is 14.5. The average Bonchev–Trinajstić information content (AvgIpc) is 3.48. The summed E-state index contributed by atoms with van der Waals surface area (Å²) in [6.45, 7) is 1.88. The van der Waals surface area contributed by atoms with Crippen molar-refractivity contribution >= 4 is 5.91 Å². The second-order valence-corrected chi connectivity index (χ2v) is 7.79. The molecule has 3 aromatic rings. The van der Waals surface area contributed by atoms with Gasteiger partial charge in [-0.15, -0.1) is 5.10 Å². The molecule has 7 nitrogen and oxygen atoms in total. The number of carbonyl (C=O) groups is 1. The maximum Gasteiger partial charge on any atom is 0.219 e. The summed E-state index contributed by atoms with van der Waals surface area (Å²) in [5.74, 6) is 1.71. The fraction of sp³-hybridized carbons (Fsp3) is 0.375. The Balaban J connectivity index is 1.58. The zero-order valence-electron chi connectivity index (χ0n) is 18.2. The quantitative estimate of drug-likeness (QED) is 0.618. The third kappa shape index (κ3) is 4.40. The fourth-order valence-electron chi connectivity index (χ4n) is 4.22. The Hall–Kier alpha value is -3.35. The molecule has 1 amide bonds. The number of hydrogen-bond donors (Lipinski definition) is 1. The van der Waals surface area contributed by atoms with Crippen LogP contribution in [0.1, 0.15) is 38.6 Å². The molecule has 0 aliphatic heterocycles. The predicted molar refractivity (Wildman–Crippen MR) is 119 cm³/mol. The summed E-state index contributed by atoms with van der Waals surface area (Å²) >= 11 is 0. The molecule has 1 N–H and O–H groups in total. The molecule has 1 saturated carbocycles. The molecule has 31 heavy (non-hydrogen) atoms. The number of rotatable bonds is 7. The van der Waals surface area contributed by atoms with Crippen LogP contribution in [-0.4, -0.2) is 41.2 Å². The van der Waals surface area contributed by atoms with Crippen LogP contribution in [0, 0.1) is 0 Å². The summed E-state index contributed by atoms with van der Waals surface area (Å²) in [5.41, 5.74) is 4.02. The Morgan fingerprint density at radius 2 is 1.87 bits per heavy atom. The molecular weight excluding hydrogens is 392 g/mol. The van der Waals surface area contributed by atoms with Gasteiger partial charge >= 0.3 is 0 Å². The molecule has 7 heteroatoms. The van der Waals surface area contributed by atoms with E-state index < -0.39 is 0 Å². The van der Waals surface area contributed by atoms with Gasteiger partial charge in [-0.25, -0.2) is 4.68 Å². The molecule has 0 radical (unpaired) electrons. The third-order valence-electron chi connectivity index (χ3n) is 5.91. The Bertz CT molecular complexity index is 1050. The molecule has 1 fully saturated rings. The van der Waals surface area contributed by atoms with Gasteiger partial charge in [-0.1, -0.05) is 30.3 Å².